The number of nitrogens with one attached hydrogen (secondary N) is 1. The molecule has 1 saturated heterocycles. The molecule has 6 N–H and O–H groups in total. The molecule has 1 amide bonds. The van der Waals surface area contributed by atoms with E-state index in [9.17, 15) is 30.3 Å². The first-order valence-electron chi connectivity index (χ1n) is 17.9. The summed E-state index contributed by atoms with van der Waals surface area (Å²) in [5, 5.41) is 53.8. The predicted octanol–water partition coefficient (Wildman–Crippen LogP) is 5.44. The molecule has 1 rings (SSSR count). The minimum Gasteiger partial charge on any atom is -0.394 e. The van der Waals surface area contributed by atoms with Crippen molar-refractivity contribution < 1.29 is 39.8 Å². The van der Waals surface area contributed by atoms with Crippen LogP contribution in [0.15, 0.2) is 12.2 Å². The van der Waals surface area contributed by atoms with Gasteiger partial charge >= 0.3 is 0 Å². The molecule has 0 aromatic heterocycles. The standard InChI is InChI=1S/C35H67NO8/c1-3-5-7-9-11-13-15-16-18-20-22-24-29(38)28(27-43-35-34(42)33(41)32(40)30(26-37)44-35)36-31(39)25-23-21-19-17-14-12-10-8-6-4-2/h10,12,28-30,32-35,37-38,40-42H,3-9,11,13-27H2,1-2H3,(H,36,39)/b12-10-. The predicted molar refractivity (Wildman–Crippen MR) is 175 cm³/mol. The number of ether oxygens (including phenoxy) is 2. The zero-order chi connectivity index (χ0) is 32.4. The highest BCUT2D eigenvalue weighted by Gasteiger charge is 2.44. The highest BCUT2D eigenvalue weighted by atomic mass is 16.7. The Bertz CT molecular complexity index is 706. The molecule has 0 aliphatic carbocycles. The molecule has 1 aliphatic rings. The van der Waals surface area contributed by atoms with E-state index in [1.165, 1.54) is 64.2 Å². The van der Waals surface area contributed by atoms with Crippen molar-refractivity contribution in [3.63, 3.8) is 0 Å². The fraction of sp³-hybridized carbons (Fsp3) is 0.914. The van der Waals surface area contributed by atoms with Crippen LogP contribution in [-0.4, -0.2) is 87.5 Å². The summed E-state index contributed by atoms with van der Waals surface area (Å²) < 4.78 is 11.2. The fourth-order valence-electron chi connectivity index (χ4n) is 5.61. The number of allylic oxidation sites excluding steroid dienone is 2. The van der Waals surface area contributed by atoms with Gasteiger partial charge in [0.05, 0.1) is 25.4 Å². The SMILES string of the molecule is CCCC/C=C\CCCCCCC(=O)NC(COC1OC(CO)C(O)C(O)C1O)C(O)CCCCCCCCCCCCC. The van der Waals surface area contributed by atoms with Crippen LogP contribution in [0.2, 0.25) is 0 Å². The van der Waals surface area contributed by atoms with Crippen molar-refractivity contribution in [3.05, 3.63) is 12.2 Å². The normalized spacial score (nSPS) is 23.7. The van der Waals surface area contributed by atoms with Crippen LogP contribution in [0.4, 0.5) is 0 Å². The third kappa shape index (κ3) is 18.8. The summed E-state index contributed by atoms with van der Waals surface area (Å²) in [4.78, 5) is 12.8. The largest absolute Gasteiger partial charge is 0.394 e. The molecule has 9 nitrogen and oxygen atoms in total. The van der Waals surface area contributed by atoms with Gasteiger partial charge in [0.15, 0.2) is 6.29 Å². The first kappa shape index (κ1) is 41.0. The topological polar surface area (TPSA) is 149 Å². The summed E-state index contributed by atoms with van der Waals surface area (Å²) in [5.41, 5.74) is 0. The first-order valence-corrected chi connectivity index (χ1v) is 17.9. The first-order chi connectivity index (χ1) is 21.3. The second kappa shape index (κ2) is 27.1. The van der Waals surface area contributed by atoms with Crippen LogP contribution in [0, 0.1) is 0 Å². The maximum absolute atomic E-state index is 12.8. The molecule has 44 heavy (non-hydrogen) atoms. The van der Waals surface area contributed by atoms with E-state index < -0.39 is 49.5 Å². The van der Waals surface area contributed by atoms with Gasteiger partial charge in [-0.2, -0.15) is 0 Å². The Labute approximate surface area is 267 Å². The Morgan fingerprint density at radius 3 is 1.91 bits per heavy atom. The van der Waals surface area contributed by atoms with Crippen molar-refractivity contribution in [3.8, 4) is 0 Å². The fourth-order valence-corrected chi connectivity index (χ4v) is 5.61. The van der Waals surface area contributed by atoms with E-state index in [1.807, 2.05) is 0 Å². The van der Waals surface area contributed by atoms with Gasteiger partial charge in [-0.3, -0.25) is 4.79 Å². The van der Waals surface area contributed by atoms with Crippen molar-refractivity contribution in [2.75, 3.05) is 13.2 Å². The lowest BCUT2D eigenvalue weighted by Crippen LogP contribution is -2.60. The summed E-state index contributed by atoms with van der Waals surface area (Å²) >= 11 is 0. The van der Waals surface area contributed by atoms with Crippen LogP contribution >= 0.6 is 0 Å². The van der Waals surface area contributed by atoms with E-state index in [1.54, 1.807) is 0 Å². The van der Waals surface area contributed by atoms with Crippen LogP contribution in [0.1, 0.15) is 149 Å². The number of rotatable bonds is 28. The molecule has 1 fully saturated rings. The lowest BCUT2D eigenvalue weighted by Gasteiger charge is -2.40. The molecule has 260 valence electrons. The van der Waals surface area contributed by atoms with E-state index in [-0.39, 0.29) is 12.5 Å². The zero-order valence-electron chi connectivity index (χ0n) is 27.9. The zero-order valence-corrected chi connectivity index (χ0v) is 27.9. The summed E-state index contributed by atoms with van der Waals surface area (Å²) in [7, 11) is 0. The molecular weight excluding hydrogens is 562 g/mol. The van der Waals surface area contributed by atoms with Gasteiger partial charge in [-0.1, -0.05) is 122 Å². The Morgan fingerprint density at radius 1 is 0.750 bits per heavy atom. The average molecular weight is 630 g/mol. The van der Waals surface area contributed by atoms with Gasteiger partial charge in [-0.25, -0.2) is 0 Å². The molecule has 0 spiro atoms. The minimum atomic E-state index is -1.55. The van der Waals surface area contributed by atoms with Crippen LogP contribution in [0.5, 0.6) is 0 Å². The van der Waals surface area contributed by atoms with Crippen molar-refractivity contribution in [2.45, 2.75) is 192 Å². The number of hydrogen-bond donors (Lipinski definition) is 6. The van der Waals surface area contributed by atoms with E-state index in [4.69, 9.17) is 9.47 Å². The number of aliphatic hydroxyl groups is 5. The van der Waals surface area contributed by atoms with Crippen molar-refractivity contribution in [1.29, 1.82) is 0 Å². The molecule has 0 aromatic carbocycles. The summed E-state index contributed by atoms with van der Waals surface area (Å²) in [5.74, 6) is -0.162. The molecule has 7 unspecified atom stereocenters. The highest BCUT2D eigenvalue weighted by Crippen LogP contribution is 2.23. The van der Waals surface area contributed by atoms with Crippen molar-refractivity contribution in [2.24, 2.45) is 0 Å². The molecule has 1 aliphatic heterocycles. The smallest absolute Gasteiger partial charge is 0.220 e. The molecule has 0 bridgehead atoms. The Morgan fingerprint density at radius 2 is 1.30 bits per heavy atom. The van der Waals surface area contributed by atoms with Gasteiger partial charge in [0.25, 0.3) is 0 Å². The third-order valence-corrected chi connectivity index (χ3v) is 8.62. The summed E-state index contributed by atoms with van der Waals surface area (Å²) in [6.07, 6.45) is 19.4. The molecular formula is C35H67NO8. The second-order valence-corrected chi connectivity index (χ2v) is 12.7. The number of hydrogen-bond acceptors (Lipinski definition) is 8. The average Bonchev–Trinajstić information content (AvgIpc) is 3.02. The monoisotopic (exact) mass is 629 g/mol. The molecule has 0 radical (unpaired) electrons. The van der Waals surface area contributed by atoms with Crippen LogP contribution in [0.25, 0.3) is 0 Å². The number of carbonyl (C=O) groups is 1. The Hall–Kier alpha value is -1.07. The number of aliphatic hydroxyl groups excluding tert-OH is 5. The van der Waals surface area contributed by atoms with E-state index in [2.05, 4.69) is 31.3 Å². The van der Waals surface area contributed by atoms with Gasteiger partial charge in [-0.05, 0) is 32.1 Å². The van der Waals surface area contributed by atoms with Crippen molar-refractivity contribution in [1.82, 2.24) is 5.32 Å². The van der Waals surface area contributed by atoms with Gasteiger partial charge in [-0.15, -0.1) is 0 Å². The molecule has 0 saturated carbocycles. The second-order valence-electron chi connectivity index (χ2n) is 12.7. The number of carbonyl (C=O) groups excluding carboxylic acids is 1. The Balaban J connectivity index is 2.48. The van der Waals surface area contributed by atoms with Gasteiger partial charge in [0, 0.05) is 6.42 Å². The summed E-state index contributed by atoms with van der Waals surface area (Å²) in [6.45, 7) is 3.73. The highest BCUT2D eigenvalue weighted by molar-refractivity contribution is 5.76. The third-order valence-electron chi connectivity index (χ3n) is 8.62. The van der Waals surface area contributed by atoms with Gasteiger partial charge in [0.1, 0.15) is 24.4 Å². The summed E-state index contributed by atoms with van der Waals surface area (Å²) in [6, 6.07) is -0.716. The molecule has 1 heterocycles. The Kier molecular flexibility index (Phi) is 25.2. The maximum Gasteiger partial charge on any atom is 0.220 e. The van der Waals surface area contributed by atoms with E-state index >= 15 is 0 Å². The lowest BCUT2D eigenvalue weighted by atomic mass is 9.99. The lowest BCUT2D eigenvalue weighted by molar-refractivity contribution is -0.302. The van der Waals surface area contributed by atoms with Gasteiger partial charge < -0.3 is 40.3 Å². The maximum atomic E-state index is 12.8. The molecule has 9 heteroatoms. The minimum absolute atomic E-state index is 0.141. The quantitative estimate of drug-likeness (QED) is 0.0495. The van der Waals surface area contributed by atoms with Crippen molar-refractivity contribution >= 4 is 5.91 Å². The van der Waals surface area contributed by atoms with E-state index in [0.29, 0.717) is 12.8 Å². The molecule has 0 aromatic rings. The van der Waals surface area contributed by atoms with Crippen LogP contribution in [0.3, 0.4) is 0 Å². The number of unbranched alkanes of at least 4 members (excludes halogenated alkanes) is 16. The van der Waals surface area contributed by atoms with Gasteiger partial charge in [0.2, 0.25) is 5.91 Å². The number of amides is 1. The van der Waals surface area contributed by atoms with Crippen LogP contribution < -0.4 is 5.32 Å². The molecule has 7 atom stereocenters. The van der Waals surface area contributed by atoms with Crippen LogP contribution in [-0.2, 0) is 14.3 Å². The van der Waals surface area contributed by atoms with E-state index in [0.717, 1.165) is 57.8 Å².